The van der Waals surface area contributed by atoms with Crippen LogP contribution < -0.4 is 20.7 Å². The fraction of sp³-hybridized carbons (Fsp3) is 0.163. The summed E-state index contributed by atoms with van der Waals surface area (Å²) in [6, 6.07) is 28.1. The summed E-state index contributed by atoms with van der Waals surface area (Å²) < 4.78 is 45.3. The predicted octanol–water partition coefficient (Wildman–Crippen LogP) is 7.72. The van der Waals surface area contributed by atoms with E-state index in [1.54, 1.807) is 66.7 Å². The van der Waals surface area contributed by atoms with Gasteiger partial charge in [0.2, 0.25) is 11.7 Å². The summed E-state index contributed by atoms with van der Waals surface area (Å²) in [5, 5.41) is 1.07. The first-order valence-electron chi connectivity index (χ1n) is 18.1. The zero-order valence-electron chi connectivity index (χ0n) is 31.0. The summed E-state index contributed by atoms with van der Waals surface area (Å²) in [4.78, 5) is 70.5. The quantitative estimate of drug-likeness (QED) is 0.105. The lowest BCUT2D eigenvalue weighted by Gasteiger charge is -2.19. The molecule has 0 bridgehead atoms. The highest BCUT2D eigenvalue weighted by atomic mass is 35.5. The van der Waals surface area contributed by atoms with Crippen LogP contribution in [0.3, 0.4) is 0 Å². The van der Waals surface area contributed by atoms with Gasteiger partial charge in [-0.15, -0.1) is 0 Å². The molecule has 1 aliphatic rings. The Morgan fingerprint density at radius 1 is 0.767 bits per heavy atom. The third-order valence-corrected chi connectivity index (χ3v) is 9.94. The molecule has 0 N–H and O–H groups in total. The van der Waals surface area contributed by atoms with Crippen LogP contribution in [-0.2, 0) is 27.4 Å². The summed E-state index contributed by atoms with van der Waals surface area (Å²) in [6.45, 7) is 0.352. The van der Waals surface area contributed by atoms with Crippen molar-refractivity contribution in [1.82, 2.24) is 14.1 Å². The van der Waals surface area contributed by atoms with E-state index in [4.69, 9.17) is 58.5 Å². The molecule has 0 radical (unpaired) electrons. The van der Waals surface area contributed by atoms with Gasteiger partial charge in [-0.2, -0.15) is 8.96 Å². The van der Waals surface area contributed by atoms with Gasteiger partial charge in [0.1, 0.15) is 17.4 Å². The molecule has 3 atom stereocenters. The van der Waals surface area contributed by atoms with Crippen LogP contribution in [0.25, 0.3) is 0 Å². The summed E-state index contributed by atoms with van der Waals surface area (Å²) >= 11 is 18.2. The summed E-state index contributed by atoms with van der Waals surface area (Å²) in [5.74, 6) is -4.83. The van der Waals surface area contributed by atoms with Crippen LogP contribution >= 0.6 is 34.8 Å². The van der Waals surface area contributed by atoms with Crippen LogP contribution in [0.5, 0.6) is 11.6 Å². The van der Waals surface area contributed by atoms with E-state index in [2.05, 4.69) is 4.98 Å². The minimum Gasteiger partial charge on any atom is -0.421 e. The number of halogens is 4. The van der Waals surface area contributed by atoms with Gasteiger partial charge in [-0.25, -0.2) is 19.4 Å². The standard InChI is InChI=1S/C43H31Cl3FN3O10/c44-30-13-9-25(10-14-30)22-56-24-36-35(57-23-26-11-15-31(45)16-12-26)19-38(58-36)49-21-33(47)40(52)50(43(49)55)39(51)28-7-4-8-29(17-28)42(54)60-37-18-34(32(46)20-48-37)59-41(53)27-5-2-1-3-6-27/h1-18,20-21,35-36,38H,19,22-24H2/t35-,36+,38+/m0/s1. The molecule has 13 nitrogen and oxygen atoms in total. The number of rotatable bonds is 13. The van der Waals surface area contributed by atoms with Crippen molar-refractivity contribution in [1.29, 1.82) is 0 Å². The van der Waals surface area contributed by atoms with Gasteiger partial charge in [0.05, 0.1) is 49.4 Å². The van der Waals surface area contributed by atoms with Crippen molar-refractivity contribution in [2.45, 2.75) is 38.1 Å². The fourth-order valence-electron chi connectivity index (χ4n) is 6.11. The van der Waals surface area contributed by atoms with Gasteiger partial charge < -0.3 is 23.7 Å². The van der Waals surface area contributed by atoms with E-state index in [0.717, 1.165) is 34.0 Å². The van der Waals surface area contributed by atoms with Gasteiger partial charge in [0.15, 0.2) is 5.75 Å². The number of nitrogens with zero attached hydrogens (tertiary/aromatic N) is 3. The molecule has 0 unspecified atom stereocenters. The Bertz CT molecular complexity index is 2660. The van der Waals surface area contributed by atoms with Crippen LogP contribution in [0.4, 0.5) is 4.39 Å². The summed E-state index contributed by atoms with van der Waals surface area (Å²) in [5.41, 5.74) is -1.37. The molecule has 6 aromatic rings. The number of carbonyl (C=O) groups is 3. The number of benzene rings is 4. The molecule has 0 saturated carbocycles. The summed E-state index contributed by atoms with van der Waals surface area (Å²) in [6.07, 6.45) is -0.822. The highest BCUT2D eigenvalue weighted by Crippen LogP contribution is 2.32. The van der Waals surface area contributed by atoms with Crippen LogP contribution in [0.1, 0.15) is 54.8 Å². The van der Waals surface area contributed by atoms with Crippen molar-refractivity contribution in [3.8, 4) is 11.6 Å². The van der Waals surface area contributed by atoms with Gasteiger partial charge >= 0.3 is 17.6 Å². The molecule has 1 aliphatic heterocycles. The van der Waals surface area contributed by atoms with E-state index in [1.807, 2.05) is 0 Å². The Labute approximate surface area is 355 Å². The van der Waals surface area contributed by atoms with Gasteiger partial charge in [-0.3, -0.25) is 14.2 Å². The Hall–Kier alpha value is -6.00. The molecule has 60 heavy (non-hydrogen) atoms. The van der Waals surface area contributed by atoms with Crippen molar-refractivity contribution in [3.05, 3.63) is 191 Å². The van der Waals surface area contributed by atoms with Crippen LogP contribution in [0.15, 0.2) is 131 Å². The molecular weight excluding hydrogens is 844 g/mol. The zero-order valence-corrected chi connectivity index (χ0v) is 33.3. The average molecular weight is 875 g/mol. The Kier molecular flexibility index (Phi) is 13.3. The van der Waals surface area contributed by atoms with E-state index < -0.39 is 53.3 Å². The normalized spacial score (nSPS) is 16.0. The molecule has 2 aromatic heterocycles. The third kappa shape index (κ3) is 10.1. The second-order valence-electron chi connectivity index (χ2n) is 13.3. The fourth-order valence-corrected chi connectivity index (χ4v) is 6.51. The molecule has 4 aromatic carbocycles. The lowest BCUT2D eigenvalue weighted by Crippen LogP contribution is -2.46. The first kappa shape index (κ1) is 42.1. The van der Waals surface area contributed by atoms with Crippen molar-refractivity contribution >= 4 is 52.6 Å². The Morgan fingerprint density at radius 2 is 1.40 bits per heavy atom. The highest BCUT2D eigenvalue weighted by molar-refractivity contribution is 6.32. The second kappa shape index (κ2) is 18.9. The molecule has 306 valence electrons. The van der Waals surface area contributed by atoms with E-state index in [-0.39, 0.29) is 64.2 Å². The Morgan fingerprint density at radius 3 is 2.10 bits per heavy atom. The van der Waals surface area contributed by atoms with E-state index in [9.17, 15) is 24.0 Å². The number of esters is 2. The van der Waals surface area contributed by atoms with Crippen molar-refractivity contribution in [2.24, 2.45) is 0 Å². The van der Waals surface area contributed by atoms with Crippen molar-refractivity contribution < 1.29 is 42.5 Å². The lowest BCUT2D eigenvalue weighted by atomic mass is 10.1. The summed E-state index contributed by atoms with van der Waals surface area (Å²) in [7, 11) is 0. The van der Waals surface area contributed by atoms with Gasteiger partial charge in [-0.1, -0.05) is 83.3 Å². The van der Waals surface area contributed by atoms with Crippen LogP contribution in [-0.4, -0.2) is 50.8 Å². The number of hydrogen-bond acceptors (Lipinski definition) is 11. The Balaban J connectivity index is 1.09. The van der Waals surface area contributed by atoms with E-state index in [0.29, 0.717) is 16.2 Å². The number of aromatic nitrogens is 3. The second-order valence-corrected chi connectivity index (χ2v) is 14.6. The minimum absolute atomic E-state index is 0.00872. The molecule has 0 amide bonds. The molecule has 0 aliphatic carbocycles. The third-order valence-electron chi connectivity index (χ3n) is 9.16. The smallest absolute Gasteiger partial charge is 0.344 e. The predicted molar refractivity (Wildman–Crippen MR) is 216 cm³/mol. The SMILES string of the molecule is O=C(Oc1cc(OC(=O)c2ccccc2)c(Cl)cn1)c1cccc(C(=O)n2c(=O)c(F)cn([C@H]3C[C@H](OCc4ccc(Cl)cc4)[C@@H](COCc4ccc(Cl)cc4)O3)c2=O)c1. The number of carbonyl (C=O) groups excluding carboxylic acids is 3. The first-order valence-corrected chi connectivity index (χ1v) is 19.2. The number of hydrogen-bond donors (Lipinski definition) is 0. The van der Waals surface area contributed by atoms with Crippen molar-refractivity contribution in [3.63, 3.8) is 0 Å². The van der Waals surface area contributed by atoms with Gasteiger partial charge in [0, 0.05) is 28.1 Å². The molecule has 0 spiro atoms. The molecule has 1 saturated heterocycles. The molecule has 17 heteroatoms. The van der Waals surface area contributed by atoms with E-state index >= 15 is 4.39 Å². The van der Waals surface area contributed by atoms with Gasteiger partial charge in [0.25, 0.3) is 11.5 Å². The van der Waals surface area contributed by atoms with Gasteiger partial charge in [-0.05, 0) is 65.7 Å². The highest BCUT2D eigenvalue weighted by Gasteiger charge is 2.39. The lowest BCUT2D eigenvalue weighted by molar-refractivity contribution is -0.0834. The molecule has 7 rings (SSSR count). The molecule has 3 heterocycles. The number of ether oxygens (including phenoxy) is 5. The minimum atomic E-state index is -1.52. The topological polar surface area (TPSA) is 154 Å². The molecular formula is C43H31Cl3FN3O10. The monoisotopic (exact) mass is 873 g/mol. The maximum absolute atomic E-state index is 15.4. The zero-order chi connectivity index (χ0) is 42.3. The van der Waals surface area contributed by atoms with Crippen LogP contribution in [0, 0.1) is 5.82 Å². The maximum Gasteiger partial charge on any atom is 0.344 e. The first-order chi connectivity index (χ1) is 28.9. The van der Waals surface area contributed by atoms with Crippen molar-refractivity contribution in [2.75, 3.05) is 6.61 Å². The van der Waals surface area contributed by atoms with E-state index in [1.165, 1.54) is 30.3 Å². The number of pyridine rings is 1. The maximum atomic E-state index is 15.4. The average Bonchev–Trinajstić information content (AvgIpc) is 3.66. The van der Waals surface area contributed by atoms with Crippen LogP contribution in [0.2, 0.25) is 15.1 Å². The molecule has 1 fully saturated rings. The largest absolute Gasteiger partial charge is 0.421 e.